The molecule has 2 aliphatic heterocycles. The number of rotatable bonds is 2. The van der Waals surface area contributed by atoms with Gasteiger partial charge in [0, 0.05) is 13.0 Å². The Morgan fingerprint density at radius 2 is 2.36 bits per heavy atom. The van der Waals surface area contributed by atoms with Crippen molar-refractivity contribution < 1.29 is 14.3 Å². The van der Waals surface area contributed by atoms with Crippen LogP contribution in [0, 0.1) is 0 Å². The molecule has 3 nitrogen and oxygen atoms in total. The van der Waals surface area contributed by atoms with Gasteiger partial charge in [-0.1, -0.05) is 6.08 Å². The van der Waals surface area contributed by atoms with Gasteiger partial charge in [0.15, 0.2) is 5.78 Å². The van der Waals surface area contributed by atoms with E-state index in [4.69, 9.17) is 9.47 Å². The van der Waals surface area contributed by atoms with Crippen LogP contribution < -0.4 is 0 Å². The first kappa shape index (κ1) is 9.87. The van der Waals surface area contributed by atoms with Gasteiger partial charge in [0.05, 0.1) is 12.2 Å². The summed E-state index contributed by atoms with van der Waals surface area (Å²) in [6.07, 6.45) is 4.82. The summed E-state index contributed by atoms with van der Waals surface area (Å²) in [6.45, 7) is 4.40. The minimum absolute atomic E-state index is 0.0114. The Labute approximate surface area is 84.1 Å². The van der Waals surface area contributed by atoms with E-state index in [9.17, 15) is 4.79 Å². The molecule has 0 saturated carbocycles. The van der Waals surface area contributed by atoms with Crippen molar-refractivity contribution in [3.63, 3.8) is 0 Å². The number of carbonyl (C=O) groups is 1. The highest BCUT2D eigenvalue weighted by molar-refractivity contribution is 5.84. The fourth-order valence-electron chi connectivity index (χ4n) is 2.11. The second-order valence-corrected chi connectivity index (χ2v) is 3.91. The molecule has 0 radical (unpaired) electrons. The van der Waals surface area contributed by atoms with E-state index < -0.39 is 0 Å². The third-order valence-corrected chi connectivity index (χ3v) is 2.86. The second kappa shape index (κ2) is 4.24. The maximum absolute atomic E-state index is 11.6. The largest absolute Gasteiger partial charge is 0.375 e. The molecule has 2 aliphatic rings. The van der Waals surface area contributed by atoms with Crippen LogP contribution in [0.4, 0.5) is 0 Å². The lowest BCUT2D eigenvalue weighted by molar-refractivity contribution is -0.175. The van der Waals surface area contributed by atoms with Gasteiger partial charge >= 0.3 is 0 Å². The van der Waals surface area contributed by atoms with E-state index in [0.29, 0.717) is 12.8 Å². The Morgan fingerprint density at radius 3 is 3.14 bits per heavy atom. The van der Waals surface area contributed by atoms with E-state index in [1.54, 1.807) is 6.08 Å². The fraction of sp³-hybridized carbons (Fsp3) is 0.727. The standard InChI is InChI=1S/C11H16O3/c1-2-4-9-8(12)7-11-10(14-9)5-3-6-13-11/h2,9-11H,1,3-7H2/t9-,10-,11+/m0/s1. The zero-order valence-electron chi connectivity index (χ0n) is 8.28. The summed E-state index contributed by atoms with van der Waals surface area (Å²) in [5.41, 5.74) is 0. The minimum Gasteiger partial charge on any atom is -0.375 e. The van der Waals surface area contributed by atoms with Gasteiger partial charge in [-0.2, -0.15) is 0 Å². The molecular weight excluding hydrogens is 180 g/mol. The molecule has 78 valence electrons. The molecule has 0 N–H and O–H groups in total. The number of hydrogen-bond acceptors (Lipinski definition) is 3. The van der Waals surface area contributed by atoms with E-state index in [1.165, 1.54) is 0 Å². The van der Waals surface area contributed by atoms with Crippen molar-refractivity contribution in [3.8, 4) is 0 Å². The van der Waals surface area contributed by atoms with E-state index in [0.717, 1.165) is 19.4 Å². The van der Waals surface area contributed by atoms with Gasteiger partial charge in [-0.05, 0) is 19.3 Å². The van der Waals surface area contributed by atoms with Gasteiger partial charge in [0.1, 0.15) is 6.10 Å². The third-order valence-electron chi connectivity index (χ3n) is 2.86. The Bertz CT molecular complexity index is 237. The lowest BCUT2D eigenvalue weighted by Gasteiger charge is -2.38. The summed E-state index contributed by atoms with van der Waals surface area (Å²) < 4.78 is 11.2. The van der Waals surface area contributed by atoms with E-state index >= 15 is 0 Å². The summed E-state index contributed by atoms with van der Waals surface area (Å²) in [5.74, 6) is 0.160. The number of ether oxygens (including phenoxy) is 2. The van der Waals surface area contributed by atoms with Crippen LogP contribution in [-0.2, 0) is 14.3 Å². The van der Waals surface area contributed by atoms with Crippen molar-refractivity contribution >= 4 is 5.78 Å². The van der Waals surface area contributed by atoms with Crippen molar-refractivity contribution in [2.75, 3.05) is 6.61 Å². The van der Waals surface area contributed by atoms with Gasteiger partial charge in [0.2, 0.25) is 0 Å². The number of ketones is 1. The molecule has 0 aromatic rings. The summed E-state index contributed by atoms with van der Waals surface area (Å²) in [7, 11) is 0. The Morgan fingerprint density at radius 1 is 1.50 bits per heavy atom. The summed E-state index contributed by atoms with van der Waals surface area (Å²) in [4.78, 5) is 11.6. The topological polar surface area (TPSA) is 35.5 Å². The number of carbonyl (C=O) groups excluding carboxylic acids is 1. The maximum Gasteiger partial charge on any atom is 0.164 e. The van der Waals surface area contributed by atoms with Crippen molar-refractivity contribution in [1.82, 2.24) is 0 Å². The number of Topliss-reactive ketones (excluding diaryl/α,β-unsaturated/α-hetero) is 1. The van der Waals surface area contributed by atoms with Gasteiger partial charge < -0.3 is 9.47 Å². The fourth-order valence-corrected chi connectivity index (χ4v) is 2.11. The van der Waals surface area contributed by atoms with Crippen molar-refractivity contribution in [1.29, 1.82) is 0 Å². The highest BCUT2D eigenvalue weighted by Gasteiger charge is 2.38. The molecule has 0 spiro atoms. The Hall–Kier alpha value is -0.670. The summed E-state index contributed by atoms with van der Waals surface area (Å²) in [6, 6.07) is 0. The second-order valence-electron chi connectivity index (χ2n) is 3.91. The van der Waals surface area contributed by atoms with Gasteiger partial charge in [-0.25, -0.2) is 0 Å². The van der Waals surface area contributed by atoms with Crippen LogP contribution >= 0.6 is 0 Å². The average Bonchev–Trinajstić information content (AvgIpc) is 2.19. The van der Waals surface area contributed by atoms with Crippen LogP contribution in [-0.4, -0.2) is 30.7 Å². The first-order valence-corrected chi connectivity index (χ1v) is 5.22. The molecule has 0 unspecified atom stereocenters. The van der Waals surface area contributed by atoms with Crippen molar-refractivity contribution in [2.24, 2.45) is 0 Å². The molecule has 2 fully saturated rings. The molecular formula is C11H16O3. The Balaban J connectivity index is 1.99. The third kappa shape index (κ3) is 1.88. The normalized spacial score (nSPS) is 37.7. The first-order valence-electron chi connectivity index (χ1n) is 5.22. The number of fused-ring (bicyclic) bond motifs is 1. The van der Waals surface area contributed by atoms with E-state index in [1.807, 2.05) is 0 Å². The Kier molecular flexibility index (Phi) is 2.99. The molecule has 2 heterocycles. The molecule has 0 aliphatic carbocycles. The van der Waals surface area contributed by atoms with E-state index in [2.05, 4.69) is 6.58 Å². The molecule has 0 aromatic heterocycles. The molecule has 3 atom stereocenters. The number of hydrogen-bond donors (Lipinski definition) is 0. The van der Waals surface area contributed by atoms with Gasteiger partial charge in [-0.15, -0.1) is 6.58 Å². The van der Waals surface area contributed by atoms with Gasteiger partial charge in [-0.3, -0.25) is 4.79 Å². The van der Waals surface area contributed by atoms with Crippen molar-refractivity contribution in [3.05, 3.63) is 12.7 Å². The molecule has 2 rings (SSSR count). The highest BCUT2D eigenvalue weighted by Crippen LogP contribution is 2.27. The smallest absolute Gasteiger partial charge is 0.164 e. The predicted molar refractivity (Wildman–Crippen MR) is 52.1 cm³/mol. The van der Waals surface area contributed by atoms with Crippen LogP contribution in [0.3, 0.4) is 0 Å². The SMILES string of the molecule is C=CC[C@@H]1O[C@H]2CCCO[C@@H]2CC1=O. The quantitative estimate of drug-likeness (QED) is 0.627. The lowest BCUT2D eigenvalue weighted by Crippen LogP contribution is -2.47. The van der Waals surface area contributed by atoms with Crippen LogP contribution in [0.2, 0.25) is 0 Å². The zero-order chi connectivity index (χ0) is 9.97. The first-order chi connectivity index (χ1) is 6.81. The summed E-state index contributed by atoms with van der Waals surface area (Å²) >= 11 is 0. The molecule has 0 amide bonds. The van der Waals surface area contributed by atoms with Gasteiger partial charge in [0.25, 0.3) is 0 Å². The van der Waals surface area contributed by atoms with Crippen molar-refractivity contribution in [2.45, 2.75) is 44.0 Å². The molecule has 14 heavy (non-hydrogen) atoms. The predicted octanol–water partition coefficient (Wildman–Crippen LogP) is 1.47. The summed E-state index contributed by atoms with van der Waals surface area (Å²) in [5, 5.41) is 0. The molecule has 2 saturated heterocycles. The van der Waals surface area contributed by atoms with Crippen LogP contribution in [0.1, 0.15) is 25.7 Å². The monoisotopic (exact) mass is 196 g/mol. The van der Waals surface area contributed by atoms with Crippen LogP contribution in [0.5, 0.6) is 0 Å². The maximum atomic E-state index is 11.6. The van der Waals surface area contributed by atoms with E-state index in [-0.39, 0.29) is 24.1 Å². The lowest BCUT2D eigenvalue weighted by atomic mass is 9.94. The van der Waals surface area contributed by atoms with Crippen LogP contribution in [0.25, 0.3) is 0 Å². The average molecular weight is 196 g/mol. The molecule has 3 heteroatoms. The van der Waals surface area contributed by atoms with Crippen LogP contribution in [0.15, 0.2) is 12.7 Å². The molecule has 0 aromatic carbocycles. The minimum atomic E-state index is -0.268. The highest BCUT2D eigenvalue weighted by atomic mass is 16.6. The zero-order valence-corrected chi connectivity index (χ0v) is 8.28. The molecule has 0 bridgehead atoms.